The van der Waals surface area contributed by atoms with E-state index in [1.165, 1.54) is 11.4 Å². The van der Waals surface area contributed by atoms with Gasteiger partial charge in [0.1, 0.15) is 6.10 Å². The molecule has 1 heterocycles. The van der Waals surface area contributed by atoms with Gasteiger partial charge < -0.3 is 20.0 Å². The number of benzene rings is 2. The quantitative estimate of drug-likeness (QED) is 0.145. The molecule has 3 aromatic rings. The summed E-state index contributed by atoms with van der Waals surface area (Å²) >= 11 is 0. The molecule has 2 aliphatic carbocycles. The molecule has 1 aromatic heterocycles. The lowest BCUT2D eigenvalue weighted by atomic mass is 9.92. The summed E-state index contributed by atoms with van der Waals surface area (Å²) in [5.41, 5.74) is 12.5. The zero-order valence-electron chi connectivity index (χ0n) is 20.2. The molecule has 0 radical (unpaired) electrons. The van der Waals surface area contributed by atoms with Crippen LogP contribution >= 0.6 is 0 Å². The zero-order valence-corrected chi connectivity index (χ0v) is 20.2. The second-order valence-corrected chi connectivity index (χ2v) is 9.84. The number of nitrogen functional groups attached to an aromatic ring is 1. The van der Waals surface area contributed by atoms with Crippen LogP contribution in [0.5, 0.6) is 0 Å². The first kappa shape index (κ1) is 23.2. The molecular formula is C27H34N6O2. The van der Waals surface area contributed by atoms with E-state index in [1.807, 2.05) is 31.2 Å². The second-order valence-electron chi connectivity index (χ2n) is 9.84. The van der Waals surface area contributed by atoms with Gasteiger partial charge in [0.05, 0.1) is 23.2 Å². The maximum atomic E-state index is 12.2. The standard InChI is InChI=1S/C27H34N6O2/c1-17(19-6-7-19)35-27(34)31-21-10-8-20(9-11-21)26-25(29)23-12-5-18(13-14-32(30)16-28)15-24(23)33(26)22-3-2-4-22/h5,8-12,15-17,19,22,28H,2-4,6-7,13-14,29-30H2,1H3,(H,31,34). The number of anilines is 2. The minimum absolute atomic E-state index is 0.0461. The summed E-state index contributed by atoms with van der Waals surface area (Å²) in [5, 5.41) is 12.6. The Morgan fingerprint density at radius 3 is 2.60 bits per heavy atom. The fraction of sp³-hybridized carbons (Fsp3) is 0.407. The van der Waals surface area contributed by atoms with Gasteiger partial charge in [0, 0.05) is 29.2 Å². The van der Waals surface area contributed by atoms with Crippen molar-refractivity contribution in [1.29, 1.82) is 5.41 Å². The molecule has 0 spiro atoms. The summed E-state index contributed by atoms with van der Waals surface area (Å²) in [6.07, 6.45) is 7.19. The third-order valence-corrected chi connectivity index (χ3v) is 7.36. The van der Waals surface area contributed by atoms with Crippen LogP contribution in [0.3, 0.4) is 0 Å². The lowest BCUT2D eigenvalue weighted by molar-refractivity contribution is 0.108. The first-order chi connectivity index (χ1) is 16.9. The van der Waals surface area contributed by atoms with Crippen LogP contribution in [0.1, 0.15) is 50.6 Å². The number of ether oxygens (including phenoxy) is 1. The van der Waals surface area contributed by atoms with E-state index >= 15 is 0 Å². The van der Waals surface area contributed by atoms with E-state index in [1.54, 1.807) is 0 Å². The van der Waals surface area contributed by atoms with Gasteiger partial charge in [0.15, 0.2) is 0 Å². The molecule has 8 heteroatoms. The minimum Gasteiger partial charge on any atom is -0.446 e. The van der Waals surface area contributed by atoms with E-state index in [2.05, 4.69) is 28.1 Å². The molecule has 0 aliphatic heterocycles. The van der Waals surface area contributed by atoms with Crippen LogP contribution in [0.4, 0.5) is 16.2 Å². The van der Waals surface area contributed by atoms with Gasteiger partial charge in [-0.1, -0.05) is 24.3 Å². The lowest BCUT2D eigenvalue weighted by Crippen LogP contribution is -2.31. The maximum absolute atomic E-state index is 12.2. The summed E-state index contributed by atoms with van der Waals surface area (Å²) in [5.74, 6) is 6.26. The van der Waals surface area contributed by atoms with Crippen molar-refractivity contribution < 1.29 is 9.53 Å². The van der Waals surface area contributed by atoms with Crippen molar-refractivity contribution in [2.75, 3.05) is 17.6 Å². The fourth-order valence-corrected chi connectivity index (χ4v) is 4.87. The molecule has 2 aromatic carbocycles. The molecule has 5 rings (SSSR count). The molecule has 2 aliphatic rings. The first-order valence-corrected chi connectivity index (χ1v) is 12.5. The van der Waals surface area contributed by atoms with Gasteiger partial charge in [-0.25, -0.2) is 10.6 Å². The summed E-state index contributed by atoms with van der Waals surface area (Å²) in [4.78, 5) is 12.2. The van der Waals surface area contributed by atoms with Crippen molar-refractivity contribution in [1.82, 2.24) is 9.58 Å². The highest BCUT2D eigenvalue weighted by Gasteiger charge is 2.31. The number of nitrogens with one attached hydrogen (secondary N) is 2. The molecule has 184 valence electrons. The van der Waals surface area contributed by atoms with E-state index < -0.39 is 6.09 Å². The number of hydrogen-bond donors (Lipinski definition) is 4. The lowest BCUT2D eigenvalue weighted by Gasteiger charge is -2.30. The number of nitrogens with zero attached hydrogens (tertiary/aromatic N) is 2. The molecule has 0 bridgehead atoms. The van der Waals surface area contributed by atoms with Gasteiger partial charge in [-0.3, -0.25) is 10.7 Å². The summed E-state index contributed by atoms with van der Waals surface area (Å²) in [7, 11) is 0. The van der Waals surface area contributed by atoms with E-state index in [0.717, 1.165) is 71.9 Å². The number of carbonyl (C=O) groups is 1. The van der Waals surface area contributed by atoms with Crippen LogP contribution in [0, 0.1) is 11.3 Å². The highest BCUT2D eigenvalue weighted by atomic mass is 16.6. The Labute approximate surface area is 205 Å². The summed E-state index contributed by atoms with van der Waals surface area (Å²) < 4.78 is 7.87. The van der Waals surface area contributed by atoms with Gasteiger partial charge in [-0.15, -0.1) is 0 Å². The van der Waals surface area contributed by atoms with E-state index in [-0.39, 0.29) is 6.10 Å². The number of rotatable bonds is 9. The molecular weight excluding hydrogens is 440 g/mol. The van der Waals surface area contributed by atoms with Crippen LogP contribution in [-0.2, 0) is 11.2 Å². The molecule has 35 heavy (non-hydrogen) atoms. The normalized spacial score (nSPS) is 16.5. The third-order valence-electron chi connectivity index (χ3n) is 7.36. The number of aromatic nitrogens is 1. The monoisotopic (exact) mass is 474 g/mol. The Bertz CT molecular complexity index is 1230. The number of nitrogens with two attached hydrogens (primary N) is 2. The average molecular weight is 475 g/mol. The van der Waals surface area contributed by atoms with Crippen molar-refractivity contribution in [3.8, 4) is 11.3 Å². The Kier molecular flexibility index (Phi) is 6.38. The van der Waals surface area contributed by atoms with E-state index in [9.17, 15) is 4.79 Å². The predicted molar refractivity (Wildman–Crippen MR) is 140 cm³/mol. The molecule has 0 saturated heterocycles. The molecule has 1 atom stereocenters. The Balaban J connectivity index is 1.42. The van der Waals surface area contributed by atoms with E-state index in [0.29, 0.717) is 24.2 Å². The molecule has 6 N–H and O–H groups in total. The van der Waals surface area contributed by atoms with Crippen molar-refractivity contribution in [3.05, 3.63) is 48.0 Å². The molecule has 1 amide bonds. The molecule has 1 unspecified atom stereocenters. The number of amides is 1. The molecule has 8 nitrogen and oxygen atoms in total. The average Bonchev–Trinajstić information content (AvgIpc) is 3.63. The SMILES string of the molecule is CC(OC(=O)Nc1ccc(-c2c(N)c3ccc(CCN(N)C=N)cc3n2C2CCC2)cc1)C1CC1. The van der Waals surface area contributed by atoms with Gasteiger partial charge in [0.25, 0.3) is 0 Å². The predicted octanol–water partition coefficient (Wildman–Crippen LogP) is 5.29. The Morgan fingerprint density at radius 2 is 1.97 bits per heavy atom. The zero-order chi connectivity index (χ0) is 24.5. The van der Waals surface area contributed by atoms with Crippen molar-refractivity contribution in [2.45, 2.75) is 57.6 Å². The first-order valence-electron chi connectivity index (χ1n) is 12.5. The van der Waals surface area contributed by atoms with Crippen molar-refractivity contribution >= 4 is 34.7 Å². The van der Waals surface area contributed by atoms with Gasteiger partial charge in [-0.05, 0) is 75.1 Å². The van der Waals surface area contributed by atoms with Gasteiger partial charge in [0.2, 0.25) is 0 Å². The van der Waals surface area contributed by atoms with Crippen molar-refractivity contribution in [3.63, 3.8) is 0 Å². The fourth-order valence-electron chi connectivity index (χ4n) is 4.87. The molecule has 2 fully saturated rings. The van der Waals surface area contributed by atoms with Crippen LogP contribution in [0.15, 0.2) is 42.5 Å². The number of carbonyl (C=O) groups excluding carboxylic acids is 1. The highest BCUT2D eigenvalue weighted by molar-refractivity contribution is 6.01. The Hall–Kier alpha value is -3.52. The second kappa shape index (κ2) is 9.62. The van der Waals surface area contributed by atoms with Crippen LogP contribution in [0.25, 0.3) is 22.2 Å². The summed E-state index contributed by atoms with van der Waals surface area (Å²) in [6, 6.07) is 14.6. The largest absolute Gasteiger partial charge is 0.446 e. The Morgan fingerprint density at radius 1 is 1.23 bits per heavy atom. The van der Waals surface area contributed by atoms with Crippen molar-refractivity contribution in [2.24, 2.45) is 11.8 Å². The smallest absolute Gasteiger partial charge is 0.411 e. The molecule has 2 saturated carbocycles. The van der Waals surface area contributed by atoms with E-state index in [4.69, 9.17) is 21.7 Å². The number of fused-ring (bicyclic) bond motifs is 1. The van der Waals surface area contributed by atoms with Gasteiger partial charge in [-0.2, -0.15) is 0 Å². The highest BCUT2D eigenvalue weighted by Crippen LogP contribution is 2.44. The van der Waals surface area contributed by atoms with Crippen LogP contribution < -0.4 is 16.9 Å². The van der Waals surface area contributed by atoms with Gasteiger partial charge >= 0.3 is 6.09 Å². The van der Waals surface area contributed by atoms with Crippen LogP contribution in [0.2, 0.25) is 0 Å². The number of hydrogen-bond acceptors (Lipinski definition) is 5. The maximum Gasteiger partial charge on any atom is 0.411 e. The van der Waals surface area contributed by atoms with Crippen LogP contribution in [-0.4, -0.2) is 34.7 Å². The third kappa shape index (κ3) is 4.84. The summed E-state index contributed by atoms with van der Waals surface area (Å²) in [6.45, 7) is 2.53. The topological polar surface area (TPSA) is 122 Å². The minimum atomic E-state index is -0.410. The number of hydrazine groups is 1.